The van der Waals surface area contributed by atoms with E-state index >= 15 is 0 Å². The van der Waals surface area contributed by atoms with E-state index in [1.54, 1.807) is 12.1 Å². The average molecular weight is 394 g/mol. The molecule has 1 aliphatic heterocycles. The van der Waals surface area contributed by atoms with Gasteiger partial charge in [-0.25, -0.2) is 0 Å². The Balaban J connectivity index is 1.95. The zero-order chi connectivity index (χ0) is 19.8. The zero-order valence-corrected chi connectivity index (χ0v) is 16.2. The standard InChI is InChI=1S/C18H26N4O4S/c1-13(27-16-7-5-14(6-8-16)22(25)26)18(24)21-11-3-2-4-15(21)12-20-17(23)9-10-19/h5-8,13,15H,2-4,9-12,19H2,1H3,(H,20,23). The van der Waals surface area contributed by atoms with Gasteiger partial charge in [-0.05, 0) is 38.3 Å². The number of nitro groups is 1. The topological polar surface area (TPSA) is 119 Å². The Hall–Kier alpha value is -2.13. The van der Waals surface area contributed by atoms with Crippen LogP contribution in [-0.2, 0) is 9.59 Å². The summed E-state index contributed by atoms with van der Waals surface area (Å²) in [7, 11) is 0. The van der Waals surface area contributed by atoms with Gasteiger partial charge in [0, 0.05) is 49.1 Å². The number of piperidine rings is 1. The van der Waals surface area contributed by atoms with E-state index in [2.05, 4.69) is 5.32 Å². The normalized spacial score (nSPS) is 18.0. The van der Waals surface area contributed by atoms with Crippen molar-refractivity contribution >= 4 is 29.3 Å². The number of nitrogens with one attached hydrogen (secondary N) is 1. The molecule has 0 radical (unpaired) electrons. The van der Waals surface area contributed by atoms with Gasteiger partial charge in [0.2, 0.25) is 11.8 Å². The van der Waals surface area contributed by atoms with Gasteiger partial charge in [0.1, 0.15) is 0 Å². The molecule has 148 valence electrons. The molecule has 2 amide bonds. The number of amides is 2. The van der Waals surface area contributed by atoms with Crippen molar-refractivity contribution in [3.05, 3.63) is 34.4 Å². The maximum absolute atomic E-state index is 12.9. The number of benzene rings is 1. The summed E-state index contributed by atoms with van der Waals surface area (Å²) in [6.07, 6.45) is 3.13. The van der Waals surface area contributed by atoms with Gasteiger partial charge in [-0.15, -0.1) is 11.8 Å². The second kappa shape index (κ2) is 10.3. The van der Waals surface area contributed by atoms with Gasteiger partial charge in [0.05, 0.1) is 10.2 Å². The first kappa shape index (κ1) is 21.2. The molecule has 2 rings (SSSR count). The second-order valence-electron chi connectivity index (χ2n) is 6.54. The van der Waals surface area contributed by atoms with Crippen molar-refractivity contribution in [1.82, 2.24) is 10.2 Å². The first-order valence-electron chi connectivity index (χ1n) is 9.10. The van der Waals surface area contributed by atoms with Gasteiger partial charge in [-0.2, -0.15) is 0 Å². The van der Waals surface area contributed by atoms with Crippen LogP contribution in [0, 0.1) is 10.1 Å². The minimum Gasteiger partial charge on any atom is -0.354 e. The van der Waals surface area contributed by atoms with Crippen molar-refractivity contribution in [3.63, 3.8) is 0 Å². The molecule has 1 heterocycles. The molecule has 9 heteroatoms. The van der Waals surface area contributed by atoms with Gasteiger partial charge < -0.3 is 16.0 Å². The summed E-state index contributed by atoms with van der Waals surface area (Å²) in [6.45, 7) is 3.27. The van der Waals surface area contributed by atoms with Crippen molar-refractivity contribution in [1.29, 1.82) is 0 Å². The van der Waals surface area contributed by atoms with E-state index in [0.717, 1.165) is 24.2 Å². The summed E-state index contributed by atoms with van der Waals surface area (Å²) < 4.78 is 0. The Morgan fingerprint density at radius 2 is 2.07 bits per heavy atom. The lowest BCUT2D eigenvalue weighted by atomic mass is 10.0. The minimum atomic E-state index is -0.444. The number of thioether (sulfide) groups is 1. The Morgan fingerprint density at radius 1 is 1.37 bits per heavy atom. The Kier molecular flexibility index (Phi) is 8.05. The lowest BCUT2D eigenvalue weighted by Crippen LogP contribution is -2.51. The monoisotopic (exact) mass is 394 g/mol. The number of rotatable bonds is 8. The van der Waals surface area contributed by atoms with E-state index < -0.39 is 4.92 Å². The van der Waals surface area contributed by atoms with Crippen molar-refractivity contribution in [2.75, 3.05) is 19.6 Å². The van der Waals surface area contributed by atoms with E-state index in [9.17, 15) is 19.7 Å². The molecule has 0 spiro atoms. The highest BCUT2D eigenvalue weighted by Gasteiger charge is 2.30. The summed E-state index contributed by atoms with van der Waals surface area (Å²) in [5.74, 6) is -0.0695. The third-order valence-corrected chi connectivity index (χ3v) is 5.62. The largest absolute Gasteiger partial charge is 0.354 e. The highest BCUT2D eigenvalue weighted by Crippen LogP contribution is 2.28. The van der Waals surface area contributed by atoms with Crippen LogP contribution in [0.3, 0.4) is 0 Å². The number of likely N-dealkylation sites (tertiary alicyclic amines) is 1. The molecular weight excluding hydrogens is 368 g/mol. The predicted octanol–water partition coefficient (Wildman–Crippen LogP) is 1.92. The van der Waals surface area contributed by atoms with Crippen LogP contribution in [0.5, 0.6) is 0 Å². The Bertz CT molecular complexity index is 668. The summed E-state index contributed by atoms with van der Waals surface area (Å²) in [6, 6.07) is 6.19. The highest BCUT2D eigenvalue weighted by atomic mass is 32.2. The lowest BCUT2D eigenvalue weighted by molar-refractivity contribution is -0.384. The van der Waals surface area contributed by atoms with Crippen molar-refractivity contribution < 1.29 is 14.5 Å². The van der Waals surface area contributed by atoms with Gasteiger partial charge in [0.15, 0.2) is 0 Å². The molecule has 0 bridgehead atoms. The molecule has 0 saturated carbocycles. The number of nitrogens with zero attached hydrogens (tertiary/aromatic N) is 2. The molecule has 1 aromatic carbocycles. The number of nitro benzene ring substituents is 1. The maximum Gasteiger partial charge on any atom is 0.269 e. The molecule has 27 heavy (non-hydrogen) atoms. The fourth-order valence-electron chi connectivity index (χ4n) is 3.09. The van der Waals surface area contributed by atoms with E-state index in [1.165, 1.54) is 23.9 Å². The van der Waals surface area contributed by atoms with Crippen LogP contribution in [0.1, 0.15) is 32.6 Å². The molecule has 8 nitrogen and oxygen atoms in total. The molecule has 1 saturated heterocycles. The van der Waals surface area contributed by atoms with Gasteiger partial charge in [-0.3, -0.25) is 19.7 Å². The average Bonchev–Trinajstić information content (AvgIpc) is 2.66. The zero-order valence-electron chi connectivity index (χ0n) is 15.4. The summed E-state index contributed by atoms with van der Waals surface area (Å²) in [5, 5.41) is 13.3. The fourth-order valence-corrected chi connectivity index (χ4v) is 4.03. The van der Waals surface area contributed by atoms with Crippen LogP contribution in [0.15, 0.2) is 29.2 Å². The molecular formula is C18H26N4O4S. The summed E-state index contributed by atoms with van der Waals surface area (Å²) in [5.41, 5.74) is 5.42. The molecule has 3 N–H and O–H groups in total. The molecule has 2 atom stereocenters. The van der Waals surface area contributed by atoms with E-state index in [1.807, 2.05) is 11.8 Å². The summed E-state index contributed by atoms with van der Waals surface area (Å²) >= 11 is 1.38. The first-order valence-corrected chi connectivity index (χ1v) is 9.98. The third-order valence-electron chi connectivity index (χ3n) is 4.52. The van der Waals surface area contributed by atoms with Crippen LogP contribution >= 0.6 is 11.8 Å². The number of non-ortho nitro benzene ring substituents is 1. The molecule has 2 unspecified atom stereocenters. The maximum atomic E-state index is 12.9. The van der Waals surface area contributed by atoms with E-state index in [-0.39, 0.29) is 35.2 Å². The van der Waals surface area contributed by atoms with E-state index in [4.69, 9.17) is 5.73 Å². The Morgan fingerprint density at radius 3 is 2.70 bits per heavy atom. The quantitative estimate of drug-likeness (QED) is 0.395. The number of hydrogen-bond donors (Lipinski definition) is 2. The van der Waals surface area contributed by atoms with Crippen LogP contribution in [0.2, 0.25) is 0 Å². The van der Waals surface area contributed by atoms with Crippen molar-refractivity contribution in [2.45, 2.75) is 48.8 Å². The highest BCUT2D eigenvalue weighted by molar-refractivity contribution is 8.00. The van der Waals surface area contributed by atoms with Crippen LogP contribution in [-0.4, -0.2) is 52.6 Å². The number of carbonyl (C=O) groups is 2. The number of hydrogen-bond acceptors (Lipinski definition) is 6. The van der Waals surface area contributed by atoms with Crippen LogP contribution in [0.25, 0.3) is 0 Å². The van der Waals surface area contributed by atoms with Crippen molar-refractivity contribution in [2.24, 2.45) is 5.73 Å². The van der Waals surface area contributed by atoms with E-state index in [0.29, 0.717) is 19.6 Å². The third kappa shape index (κ3) is 6.21. The van der Waals surface area contributed by atoms with Gasteiger partial charge >= 0.3 is 0 Å². The Labute approximate surface area is 163 Å². The number of carbonyl (C=O) groups excluding carboxylic acids is 2. The van der Waals surface area contributed by atoms with Gasteiger partial charge in [-0.1, -0.05) is 0 Å². The number of nitrogens with two attached hydrogens (primary N) is 1. The first-order chi connectivity index (χ1) is 12.9. The van der Waals surface area contributed by atoms with Gasteiger partial charge in [0.25, 0.3) is 5.69 Å². The molecule has 1 fully saturated rings. The molecule has 1 aliphatic rings. The van der Waals surface area contributed by atoms with Crippen LogP contribution < -0.4 is 11.1 Å². The fraction of sp³-hybridized carbons (Fsp3) is 0.556. The lowest BCUT2D eigenvalue weighted by Gasteiger charge is -2.37. The van der Waals surface area contributed by atoms with Crippen LogP contribution in [0.4, 0.5) is 5.69 Å². The molecule has 1 aromatic rings. The molecule has 0 aromatic heterocycles. The second-order valence-corrected chi connectivity index (χ2v) is 7.95. The smallest absolute Gasteiger partial charge is 0.269 e. The predicted molar refractivity (Wildman–Crippen MR) is 104 cm³/mol. The SMILES string of the molecule is CC(Sc1ccc([N+](=O)[O-])cc1)C(=O)N1CCCCC1CNC(=O)CCN. The summed E-state index contributed by atoms with van der Waals surface area (Å²) in [4.78, 5) is 37.5. The van der Waals surface area contributed by atoms with Crippen molar-refractivity contribution in [3.8, 4) is 0 Å². The minimum absolute atomic E-state index is 0.00659. The molecule has 0 aliphatic carbocycles.